The lowest BCUT2D eigenvalue weighted by molar-refractivity contribution is 0.139. The van der Waals surface area contributed by atoms with Crippen molar-refractivity contribution in [2.24, 2.45) is 0 Å². The largest absolute Gasteiger partial charge is 0.494 e. The lowest BCUT2D eigenvalue weighted by Crippen LogP contribution is -2.28. The molecule has 2 unspecified atom stereocenters. The van der Waals surface area contributed by atoms with Gasteiger partial charge >= 0.3 is 0 Å². The van der Waals surface area contributed by atoms with Crippen molar-refractivity contribution in [3.8, 4) is 5.75 Å². The van der Waals surface area contributed by atoms with E-state index in [1.807, 2.05) is 31.3 Å². The zero-order chi connectivity index (χ0) is 13.2. The van der Waals surface area contributed by atoms with Crippen molar-refractivity contribution < 1.29 is 9.84 Å². The third kappa shape index (κ3) is 2.33. The smallest absolute Gasteiger partial charge is 0.120 e. The third-order valence-electron chi connectivity index (χ3n) is 3.79. The van der Waals surface area contributed by atoms with Crippen LogP contribution in [0.2, 0.25) is 0 Å². The van der Waals surface area contributed by atoms with Gasteiger partial charge in [-0.25, -0.2) is 0 Å². The number of ether oxygens (including phenoxy) is 1. The summed E-state index contributed by atoms with van der Waals surface area (Å²) in [6.45, 7) is 3.62. The van der Waals surface area contributed by atoms with E-state index in [1.165, 1.54) is 0 Å². The maximum Gasteiger partial charge on any atom is 0.120 e. The SMILES string of the molecule is CCOc1ccc2[nH]cc(C(O)C3CCCN3)c2c1. The van der Waals surface area contributed by atoms with Crippen molar-refractivity contribution in [2.45, 2.75) is 31.9 Å². The van der Waals surface area contributed by atoms with Crippen molar-refractivity contribution in [2.75, 3.05) is 13.2 Å². The predicted octanol–water partition coefficient (Wildman–Crippen LogP) is 2.35. The highest BCUT2D eigenvalue weighted by atomic mass is 16.5. The lowest BCUT2D eigenvalue weighted by atomic mass is 10.0. The molecule has 0 radical (unpaired) electrons. The van der Waals surface area contributed by atoms with Crippen molar-refractivity contribution in [3.63, 3.8) is 0 Å². The summed E-state index contributed by atoms with van der Waals surface area (Å²) in [5.74, 6) is 0.849. The average molecular weight is 260 g/mol. The van der Waals surface area contributed by atoms with Crippen molar-refractivity contribution in [1.29, 1.82) is 0 Å². The number of H-pyrrole nitrogens is 1. The molecule has 19 heavy (non-hydrogen) atoms. The number of aromatic amines is 1. The second-order valence-electron chi connectivity index (χ2n) is 5.03. The highest BCUT2D eigenvalue weighted by molar-refractivity contribution is 5.85. The first-order chi connectivity index (χ1) is 9.29. The Morgan fingerprint density at radius 1 is 1.47 bits per heavy atom. The van der Waals surface area contributed by atoms with E-state index in [2.05, 4.69) is 10.3 Å². The minimum atomic E-state index is -0.465. The van der Waals surface area contributed by atoms with Crippen LogP contribution in [-0.4, -0.2) is 29.3 Å². The summed E-state index contributed by atoms with van der Waals surface area (Å²) in [6, 6.07) is 6.11. The second-order valence-corrected chi connectivity index (χ2v) is 5.03. The van der Waals surface area contributed by atoms with E-state index < -0.39 is 6.10 Å². The Morgan fingerprint density at radius 2 is 2.37 bits per heavy atom. The molecule has 4 nitrogen and oxygen atoms in total. The average Bonchev–Trinajstić information content (AvgIpc) is 3.07. The summed E-state index contributed by atoms with van der Waals surface area (Å²) in [7, 11) is 0. The molecule has 0 spiro atoms. The molecule has 1 aliphatic heterocycles. The van der Waals surface area contributed by atoms with Gasteiger partial charge in [0.1, 0.15) is 5.75 Å². The van der Waals surface area contributed by atoms with Crippen LogP contribution in [0.25, 0.3) is 10.9 Å². The number of rotatable bonds is 4. The molecule has 1 aliphatic rings. The lowest BCUT2D eigenvalue weighted by Gasteiger charge is -2.17. The minimum Gasteiger partial charge on any atom is -0.494 e. The van der Waals surface area contributed by atoms with Crippen LogP contribution in [0.4, 0.5) is 0 Å². The molecule has 2 heterocycles. The molecule has 3 N–H and O–H groups in total. The molecule has 0 amide bonds. The molecular weight excluding hydrogens is 240 g/mol. The van der Waals surface area contributed by atoms with E-state index in [4.69, 9.17) is 4.74 Å². The monoisotopic (exact) mass is 260 g/mol. The quantitative estimate of drug-likeness (QED) is 0.791. The van der Waals surface area contributed by atoms with Gasteiger partial charge < -0.3 is 20.1 Å². The number of hydrogen-bond donors (Lipinski definition) is 3. The second kappa shape index (κ2) is 5.23. The van der Waals surface area contributed by atoms with Crippen LogP contribution in [0.3, 0.4) is 0 Å². The first-order valence-electron chi connectivity index (χ1n) is 6.95. The van der Waals surface area contributed by atoms with Gasteiger partial charge in [0.25, 0.3) is 0 Å². The van der Waals surface area contributed by atoms with E-state index in [0.717, 1.165) is 41.6 Å². The van der Waals surface area contributed by atoms with Gasteiger partial charge in [-0.3, -0.25) is 0 Å². The number of aromatic nitrogens is 1. The molecule has 1 saturated heterocycles. The summed E-state index contributed by atoms with van der Waals surface area (Å²) in [5, 5.41) is 14.9. The van der Waals surface area contributed by atoms with Crippen molar-refractivity contribution in [3.05, 3.63) is 30.0 Å². The highest BCUT2D eigenvalue weighted by Gasteiger charge is 2.25. The van der Waals surface area contributed by atoms with Crippen LogP contribution in [-0.2, 0) is 0 Å². The summed E-state index contributed by atoms with van der Waals surface area (Å²) in [4.78, 5) is 3.22. The molecule has 2 atom stereocenters. The Balaban J connectivity index is 1.95. The van der Waals surface area contributed by atoms with Gasteiger partial charge in [0.2, 0.25) is 0 Å². The third-order valence-corrected chi connectivity index (χ3v) is 3.79. The van der Waals surface area contributed by atoms with Gasteiger partial charge in [0, 0.05) is 28.7 Å². The molecule has 1 fully saturated rings. The maximum atomic E-state index is 10.5. The molecule has 0 aliphatic carbocycles. The van der Waals surface area contributed by atoms with Gasteiger partial charge in [-0.05, 0) is 44.5 Å². The molecule has 0 bridgehead atoms. The predicted molar refractivity (Wildman–Crippen MR) is 75.5 cm³/mol. The Morgan fingerprint density at radius 3 is 3.11 bits per heavy atom. The van der Waals surface area contributed by atoms with Crippen LogP contribution < -0.4 is 10.1 Å². The van der Waals surface area contributed by atoms with Crippen molar-refractivity contribution in [1.82, 2.24) is 10.3 Å². The number of fused-ring (bicyclic) bond motifs is 1. The van der Waals surface area contributed by atoms with Crippen LogP contribution in [0, 0.1) is 0 Å². The molecule has 1 aromatic carbocycles. The molecule has 4 heteroatoms. The molecule has 1 aromatic heterocycles. The van der Waals surface area contributed by atoms with Gasteiger partial charge in [-0.1, -0.05) is 0 Å². The first kappa shape index (κ1) is 12.5. The van der Waals surface area contributed by atoms with E-state index in [9.17, 15) is 5.11 Å². The highest BCUT2D eigenvalue weighted by Crippen LogP contribution is 2.31. The van der Waals surface area contributed by atoms with E-state index in [0.29, 0.717) is 6.61 Å². The Hall–Kier alpha value is -1.52. The normalized spacial score (nSPS) is 20.8. The topological polar surface area (TPSA) is 57.3 Å². The maximum absolute atomic E-state index is 10.5. The first-order valence-corrected chi connectivity index (χ1v) is 6.95. The molecule has 102 valence electrons. The standard InChI is InChI=1S/C15H20N2O2/c1-2-19-10-5-6-13-11(8-10)12(9-17-13)15(18)14-4-3-7-16-14/h5-6,8-9,14-18H,2-4,7H2,1H3. The van der Waals surface area contributed by atoms with Crippen LogP contribution >= 0.6 is 0 Å². The van der Waals surface area contributed by atoms with Crippen LogP contribution in [0.5, 0.6) is 5.75 Å². The number of hydrogen-bond acceptors (Lipinski definition) is 3. The molecule has 0 saturated carbocycles. The Labute approximate surface area is 112 Å². The van der Waals surface area contributed by atoms with Gasteiger partial charge in [0.15, 0.2) is 0 Å². The number of nitrogens with one attached hydrogen (secondary N) is 2. The Bertz CT molecular complexity index is 558. The fourth-order valence-electron chi connectivity index (χ4n) is 2.82. The van der Waals surface area contributed by atoms with Gasteiger partial charge in [0.05, 0.1) is 12.7 Å². The minimum absolute atomic E-state index is 0.162. The summed E-state index contributed by atoms with van der Waals surface area (Å²) < 4.78 is 5.53. The fraction of sp³-hybridized carbons (Fsp3) is 0.467. The zero-order valence-corrected chi connectivity index (χ0v) is 11.1. The number of aliphatic hydroxyl groups is 1. The molecular formula is C15H20N2O2. The Kier molecular flexibility index (Phi) is 3.44. The van der Waals surface area contributed by atoms with E-state index in [-0.39, 0.29) is 6.04 Å². The van der Waals surface area contributed by atoms with Crippen LogP contribution in [0.1, 0.15) is 31.4 Å². The van der Waals surface area contributed by atoms with Gasteiger partial charge in [-0.15, -0.1) is 0 Å². The summed E-state index contributed by atoms with van der Waals surface area (Å²) in [5.41, 5.74) is 1.99. The van der Waals surface area contributed by atoms with Crippen molar-refractivity contribution >= 4 is 10.9 Å². The molecule has 2 aromatic rings. The van der Waals surface area contributed by atoms with E-state index >= 15 is 0 Å². The zero-order valence-electron chi connectivity index (χ0n) is 11.1. The molecule has 3 rings (SSSR count). The van der Waals surface area contributed by atoms with Crippen LogP contribution in [0.15, 0.2) is 24.4 Å². The van der Waals surface area contributed by atoms with E-state index in [1.54, 1.807) is 0 Å². The number of benzene rings is 1. The fourth-order valence-corrected chi connectivity index (χ4v) is 2.82. The summed E-state index contributed by atoms with van der Waals surface area (Å²) in [6.07, 6.45) is 3.60. The van der Waals surface area contributed by atoms with Gasteiger partial charge in [-0.2, -0.15) is 0 Å². The number of aliphatic hydroxyl groups excluding tert-OH is 1. The summed E-state index contributed by atoms with van der Waals surface area (Å²) >= 11 is 0.